The number of aliphatic hydroxyl groups excluding tert-OH is 3. The highest BCUT2D eigenvalue weighted by atomic mass is 16.4. The SMILES string of the molecule is CCC1=C([C@H](O)CC/C(=C/c2ccc(CO)o2)c2ccccc2)[C@H](CO)[C@@H]2C(=O)N(C)C(=O)[C@@H]2C1. The van der Waals surface area contributed by atoms with Gasteiger partial charge < -0.3 is 19.7 Å². The molecule has 2 amide bonds. The zero-order chi connectivity index (χ0) is 25.1. The van der Waals surface area contributed by atoms with Crippen molar-refractivity contribution in [3.63, 3.8) is 0 Å². The second-order valence-electron chi connectivity index (χ2n) is 9.33. The summed E-state index contributed by atoms with van der Waals surface area (Å²) in [5.74, 6) is -1.04. The Labute approximate surface area is 205 Å². The highest BCUT2D eigenvalue weighted by Gasteiger charge is 2.53. The molecule has 1 aromatic carbocycles. The van der Waals surface area contributed by atoms with Gasteiger partial charge in [0.1, 0.15) is 18.1 Å². The summed E-state index contributed by atoms with van der Waals surface area (Å²) >= 11 is 0. The van der Waals surface area contributed by atoms with Crippen LogP contribution in [-0.2, 0) is 16.2 Å². The Bertz CT molecular complexity index is 1130. The average Bonchev–Trinajstić information content (AvgIpc) is 3.43. The van der Waals surface area contributed by atoms with Gasteiger partial charge in [0, 0.05) is 13.0 Å². The van der Waals surface area contributed by atoms with Crippen LogP contribution in [0.4, 0.5) is 0 Å². The Morgan fingerprint density at radius 3 is 2.51 bits per heavy atom. The second-order valence-corrected chi connectivity index (χ2v) is 9.33. The van der Waals surface area contributed by atoms with Crippen molar-refractivity contribution in [2.24, 2.45) is 17.8 Å². The first-order chi connectivity index (χ1) is 16.9. The molecule has 4 atom stereocenters. The minimum absolute atomic E-state index is 0.178. The molecule has 7 heteroatoms. The molecule has 4 rings (SSSR count). The number of carbonyl (C=O) groups excluding carboxylic acids is 2. The number of nitrogens with zero attached hydrogens (tertiary/aromatic N) is 1. The van der Waals surface area contributed by atoms with Gasteiger partial charge in [0.05, 0.1) is 24.5 Å². The van der Waals surface area contributed by atoms with Crippen molar-refractivity contribution in [1.29, 1.82) is 0 Å². The summed E-state index contributed by atoms with van der Waals surface area (Å²) in [6.07, 6.45) is 3.06. The number of imide groups is 1. The lowest BCUT2D eigenvalue weighted by Crippen LogP contribution is -2.38. The van der Waals surface area contributed by atoms with E-state index < -0.39 is 23.9 Å². The predicted octanol–water partition coefficient (Wildman–Crippen LogP) is 3.40. The molecule has 1 aliphatic heterocycles. The minimum Gasteiger partial charge on any atom is -0.459 e. The van der Waals surface area contributed by atoms with Crippen LogP contribution >= 0.6 is 0 Å². The number of carbonyl (C=O) groups is 2. The van der Waals surface area contributed by atoms with E-state index in [0.29, 0.717) is 42.8 Å². The van der Waals surface area contributed by atoms with Crippen molar-refractivity contribution < 1.29 is 29.3 Å². The maximum absolute atomic E-state index is 12.8. The van der Waals surface area contributed by atoms with E-state index in [4.69, 9.17) is 4.42 Å². The van der Waals surface area contributed by atoms with E-state index in [0.717, 1.165) is 16.7 Å². The molecule has 1 saturated heterocycles. The van der Waals surface area contributed by atoms with Gasteiger partial charge >= 0.3 is 0 Å². The molecule has 1 aliphatic carbocycles. The van der Waals surface area contributed by atoms with Crippen molar-refractivity contribution in [3.05, 3.63) is 70.7 Å². The van der Waals surface area contributed by atoms with Gasteiger partial charge in [0.2, 0.25) is 11.8 Å². The second kappa shape index (κ2) is 10.7. The fraction of sp³-hybridized carbons (Fsp3) is 0.429. The van der Waals surface area contributed by atoms with Crippen molar-refractivity contribution in [1.82, 2.24) is 4.90 Å². The number of likely N-dealkylation sites (tertiary alicyclic amines) is 1. The van der Waals surface area contributed by atoms with E-state index in [2.05, 4.69) is 0 Å². The molecule has 7 nitrogen and oxygen atoms in total. The number of hydrogen-bond acceptors (Lipinski definition) is 6. The van der Waals surface area contributed by atoms with Gasteiger partial charge in [-0.05, 0) is 60.6 Å². The van der Waals surface area contributed by atoms with Crippen molar-refractivity contribution >= 4 is 23.5 Å². The summed E-state index contributed by atoms with van der Waals surface area (Å²) in [7, 11) is 1.49. The highest BCUT2D eigenvalue weighted by Crippen LogP contribution is 2.46. The van der Waals surface area contributed by atoms with Crippen LogP contribution in [0.3, 0.4) is 0 Å². The van der Waals surface area contributed by atoms with Crippen LogP contribution in [0.25, 0.3) is 11.6 Å². The number of fused-ring (bicyclic) bond motifs is 1. The quantitative estimate of drug-likeness (QED) is 0.376. The number of amides is 2. The lowest BCUT2D eigenvalue weighted by Gasteiger charge is -2.36. The van der Waals surface area contributed by atoms with E-state index in [1.807, 2.05) is 43.3 Å². The van der Waals surface area contributed by atoms with Crippen LogP contribution < -0.4 is 0 Å². The van der Waals surface area contributed by atoms with E-state index in [1.54, 1.807) is 12.1 Å². The van der Waals surface area contributed by atoms with Gasteiger partial charge in [-0.3, -0.25) is 14.5 Å². The predicted molar refractivity (Wildman–Crippen MR) is 131 cm³/mol. The number of rotatable bonds is 9. The van der Waals surface area contributed by atoms with Gasteiger partial charge in [-0.15, -0.1) is 0 Å². The first-order valence-electron chi connectivity index (χ1n) is 12.2. The molecule has 0 radical (unpaired) electrons. The fourth-order valence-electron chi connectivity index (χ4n) is 5.58. The topological polar surface area (TPSA) is 111 Å². The normalized spacial score (nSPS) is 23.7. The number of allylic oxidation sites excluding steroid dienone is 2. The number of benzene rings is 1. The molecule has 0 saturated carbocycles. The summed E-state index contributed by atoms with van der Waals surface area (Å²) in [5.41, 5.74) is 3.62. The van der Waals surface area contributed by atoms with Crippen LogP contribution in [0.1, 0.15) is 49.7 Å². The first kappa shape index (κ1) is 25.1. The Kier molecular flexibility index (Phi) is 7.69. The zero-order valence-corrected chi connectivity index (χ0v) is 20.2. The molecule has 186 valence electrons. The Hall–Kier alpha value is -3.00. The lowest BCUT2D eigenvalue weighted by atomic mass is 9.67. The number of aliphatic hydroxyl groups is 3. The summed E-state index contributed by atoms with van der Waals surface area (Å²) in [4.78, 5) is 26.6. The van der Waals surface area contributed by atoms with Gasteiger partial charge in [-0.25, -0.2) is 0 Å². The third kappa shape index (κ3) is 4.89. The van der Waals surface area contributed by atoms with Gasteiger partial charge in [0.25, 0.3) is 0 Å². The van der Waals surface area contributed by atoms with Crippen LogP contribution in [-0.4, -0.2) is 51.8 Å². The number of furan rings is 1. The first-order valence-corrected chi connectivity index (χ1v) is 12.2. The third-order valence-electron chi connectivity index (χ3n) is 7.37. The lowest BCUT2D eigenvalue weighted by molar-refractivity contribution is -0.138. The molecular formula is C28H33NO6. The van der Waals surface area contributed by atoms with E-state index in [1.165, 1.54) is 11.9 Å². The van der Waals surface area contributed by atoms with Crippen molar-refractivity contribution in [2.75, 3.05) is 13.7 Å². The maximum Gasteiger partial charge on any atom is 0.233 e. The van der Waals surface area contributed by atoms with Crippen LogP contribution in [0, 0.1) is 17.8 Å². The molecule has 0 unspecified atom stereocenters. The summed E-state index contributed by atoms with van der Waals surface area (Å²) in [5, 5.41) is 30.9. The van der Waals surface area contributed by atoms with Gasteiger partial charge in [-0.2, -0.15) is 0 Å². The fourth-order valence-corrected chi connectivity index (χ4v) is 5.58. The molecule has 1 aromatic heterocycles. The molecule has 1 fully saturated rings. The summed E-state index contributed by atoms with van der Waals surface area (Å²) < 4.78 is 5.65. The van der Waals surface area contributed by atoms with Crippen LogP contribution in [0.2, 0.25) is 0 Å². The Morgan fingerprint density at radius 2 is 1.89 bits per heavy atom. The zero-order valence-electron chi connectivity index (χ0n) is 20.2. The molecule has 0 bridgehead atoms. The van der Waals surface area contributed by atoms with E-state index in [-0.39, 0.29) is 25.0 Å². The monoisotopic (exact) mass is 479 g/mol. The van der Waals surface area contributed by atoms with Gasteiger partial charge in [0.15, 0.2) is 0 Å². The molecule has 35 heavy (non-hydrogen) atoms. The van der Waals surface area contributed by atoms with Crippen molar-refractivity contribution in [3.8, 4) is 0 Å². The average molecular weight is 480 g/mol. The third-order valence-corrected chi connectivity index (χ3v) is 7.37. The van der Waals surface area contributed by atoms with Crippen LogP contribution in [0.5, 0.6) is 0 Å². The largest absolute Gasteiger partial charge is 0.459 e. The van der Waals surface area contributed by atoms with E-state index >= 15 is 0 Å². The smallest absolute Gasteiger partial charge is 0.233 e. The van der Waals surface area contributed by atoms with E-state index in [9.17, 15) is 24.9 Å². The standard InChI is InChI=1S/C28H33NO6/c1-3-17-14-22-26(28(34)29(2)27(22)33)23(16-31)25(17)24(32)12-9-19(18-7-5-4-6-8-18)13-20-10-11-21(15-30)35-20/h4-8,10-11,13,22-24,26,30-32H,3,9,12,14-16H2,1-2H3/b19-13-/t22-,23+,24-,26-/m1/s1. The summed E-state index contributed by atoms with van der Waals surface area (Å²) in [6.45, 7) is 1.51. The molecule has 0 spiro atoms. The highest BCUT2D eigenvalue weighted by molar-refractivity contribution is 6.05. The molecule has 2 aliphatic rings. The van der Waals surface area contributed by atoms with Crippen LogP contribution in [0.15, 0.2) is 58.0 Å². The molecule has 2 aromatic rings. The summed E-state index contributed by atoms with van der Waals surface area (Å²) in [6, 6.07) is 13.3. The van der Waals surface area contributed by atoms with Gasteiger partial charge in [-0.1, -0.05) is 42.8 Å². The van der Waals surface area contributed by atoms with Crippen molar-refractivity contribution in [2.45, 2.75) is 45.3 Å². The number of hydrogen-bond donors (Lipinski definition) is 3. The Balaban J connectivity index is 1.61. The minimum atomic E-state index is -0.853. The maximum atomic E-state index is 12.8. The molecule has 3 N–H and O–H groups in total. The Morgan fingerprint density at radius 1 is 1.14 bits per heavy atom. The molecular weight excluding hydrogens is 446 g/mol. The molecule has 2 heterocycles.